The van der Waals surface area contributed by atoms with E-state index in [-0.39, 0.29) is 0 Å². The van der Waals surface area contributed by atoms with Crippen LogP contribution in [0.5, 0.6) is 0 Å². The van der Waals surface area contributed by atoms with Gasteiger partial charge in [-0.2, -0.15) is 0 Å². The summed E-state index contributed by atoms with van der Waals surface area (Å²) in [7, 11) is 0. The second-order valence-corrected chi connectivity index (χ2v) is 16.2. The lowest BCUT2D eigenvalue weighted by molar-refractivity contribution is 0.793. The molecule has 0 N–H and O–H groups in total. The molecular formula is C55H35NS. The van der Waals surface area contributed by atoms with E-state index in [0.29, 0.717) is 0 Å². The second kappa shape index (κ2) is 12.5. The first-order valence-electron chi connectivity index (χ1n) is 19.7. The van der Waals surface area contributed by atoms with Crippen molar-refractivity contribution in [3.63, 3.8) is 0 Å². The third kappa shape index (κ3) is 4.62. The molecule has 12 rings (SSSR count). The first-order chi connectivity index (χ1) is 28.3. The van der Waals surface area contributed by atoms with Gasteiger partial charge in [0.2, 0.25) is 0 Å². The Morgan fingerprint density at radius 1 is 0.333 bits per heavy atom. The van der Waals surface area contributed by atoms with Gasteiger partial charge in [-0.15, -0.1) is 11.3 Å². The average molecular weight is 742 g/mol. The van der Waals surface area contributed by atoms with Crippen LogP contribution in [0, 0.1) is 0 Å². The molecule has 9 aromatic carbocycles. The van der Waals surface area contributed by atoms with Gasteiger partial charge in [-0.05, 0) is 104 Å². The van der Waals surface area contributed by atoms with Gasteiger partial charge >= 0.3 is 0 Å². The Kier molecular flexibility index (Phi) is 7.08. The molecule has 1 heterocycles. The SMILES string of the molecule is c1ccc(-c2ccc(N(c3ccc4c(c3)C3(c5ccccc5-c5ccccc53)c3ccccc3-4)c3ccccc3-c3cccc4sc5ccccc5c34)cc2)cc1. The monoisotopic (exact) mass is 741 g/mol. The minimum absolute atomic E-state index is 0.432. The molecule has 0 saturated carbocycles. The molecule has 0 radical (unpaired) electrons. The summed E-state index contributed by atoms with van der Waals surface area (Å²) >= 11 is 1.87. The first kappa shape index (κ1) is 32.3. The molecule has 10 aromatic rings. The zero-order valence-corrected chi connectivity index (χ0v) is 31.9. The van der Waals surface area contributed by atoms with Crippen LogP contribution in [0.3, 0.4) is 0 Å². The third-order valence-electron chi connectivity index (χ3n) is 12.3. The predicted octanol–water partition coefficient (Wildman–Crippen LogP) is 15.2. The van der Waals surface area contributed by atoms with Gasteiger partial charge < -0.3 is 4.90 Å². The van der Waals surface area contributed by atoms with Crippen molar-refractivity contribution in [1.29, 1.82) is 0 Å². The molecule has 0 atom stereocenters. The fourth-order valence-corrected chi connectivity index (χ4v) is 11.1. The van der Waals surface area contributed by atoms with Crippen LogP contribution in [0.4, 0.5) is 17.1 Å². The molecule has 57 heavy (non-hydrogen) atoms. The Labute approximate surface area is 336 Å². The van der Waals surface area contributed by atoms with Crippen LogP contribution in [0.1, 0.15) is 22.3 Å². The van der Waals surface area contributed by atoms with Crippen molar-refractivity contribution in [3.05, 3.63) is 235 Å². The zero-order valence-electron chi connectivity index (χ0n) is 31.1. The van der Waals surface area contributed by atoms with E-state index in [1.807, 2.05) is 11.3 Å². The molecule has 1 spiro atoms. The molecule has 2 aliphatic carbocycles. The molecule has 1 nitrogen and oxygen atoms in total. The average Bonchev–Trinajstić information content (AvgIpc) is 3.91. The minimum Gasteiger partial charge on any atom is -0.310 e. The molecule has 2 heteroatoms. The maximum Gasteiger partial charge on any atom is 0.0726 e. The molecule has 1 aromatic heterocycles. The van der Waals surface area contributed by atoms with Gasteiger partial charge in [0.25, 0.3) is 0 Å². The number of fused-ring (bicyclic) bond motifs is 13. The lowest BCUT2D eigenvalue weighted by atomic mass is 9.70. The summed E-state index contributed by atoms with van der Waals surface area (Å²) in [5.41, 5.74) is 18.4. The van der Waals surface area contributed by atoms with Crippen LogP contribution >= 0.6 is 11.3 Å². The maximum atomic E-state index is 2.50. The van der Waals surface area contributed by atoms with Gasteiger partial charge in [-0.25, -0.2) is 0 Å². The summed E-state index contributed by atoms with van der Waals surface area (Å²) in [5.74, 6) is 0. The quantitative estimate of drug-likeness (QED) is 0.170. The number of hydrogen-bond acceptors (Lipinski definition) is 2. The highest BCUT2D eigenvalue weighted by molar-refractivity contribution is 7.25. The van der Waals surface area contributed by atoms with Crippen molar-refractivity contribution < 1.29 is 0 Å². The normalized spacial score (nSPS) is 13.1. The highest BCUT2D eigenvalue weighted by Gasteiger charge is 2.51. The van der Waals surface area contributed by atoms with Crippen molar-refractivity contribution in [2.45, 2.75) is 5.41 Å². The fourth-order valence-electron chi connectivity index (χ4n) is 9.98. The van der Waals surface area contributed by atoms with Gasteiger partial charge in [0, 0.05) is 37.1 Å². The predicted molar refractivity (Wildman–Crippen MR) is 241 cm³/mol. The van der Waals surface area contributed by atoms with E-state index in [0.717, 1.165) is 17.1 Å². The van der Waals surface area contributed by atoms with Crippen LogP contribution in [-0.4, -0.2) is 0 Å². The number of benzene rings is 9. The van der Waals surface area contributed by atoms with Crippen molar-refractivity contribution >= 4 is 48.6 Å². The van der Waals surface area contributed by atoms with Crippen molar-refractivity contribution in [2.75, 3.05) is 4.90 Å². The molecule has 0 bridgehead atoms. The number of thiophene rings is 1. The Morgan fingerprint density at radius 3 is 1.54 bits per heavy atom. The van der Waals surface area contributed by atoms with Crippen LogP contribution in [0.15, 0.2) is 212 Å². The van der Waals surface area contributed by atoms with E-state index < -0.39 is 5.41 Å². The van der Waals surface area contributed by atoms with E-state index in [1.165, 1.54) is 86.9 Å². The highest BCUT2D eigenvalue weighted by atomic mass is 32.1. The molecule has 2 aliphatic rings. The minimum atomic E-state index is -0.432. The largest absolute Gasteiger partial charge is 0.310 e. The smallest absolute Gasteiger partial charge is 0.0726 e. The number of hydrogen-bond donors (Lipinski definition) is 0. The summed E-state index contributed by atoms with van der Waals surface area (Å²) in [4.78, 5) is 2.49. The summed E-state index contributed by atoms with van der Waals surface area (Å²) in [6, 6.07) is 78.7. The number of nitrogens with zero attached hydrogens (tertiary/aromatic N) is 1. The van der Waals surface area contributed by atoms with Crippen LogP contribution in [0.2, 0.25) is 0 Å². The molecule has 0 unspecified atom stereocenters. The molecule has 0 aliphatic heterocycles. The van der Waals surface area contributed by atoms with Crippen LogP contribution in [-0.2, 0) is 5.41 Å². The second-order valence-electron chi connectivity index (χ2n) is 15.2. The third-order valence-corrected chi connectivity index (χ3v) is 13.4. The van der Waals surface area contributed by atoms with Gasteiger partial charge in [0.1, 0.15) is 0 Å². The zero-order chi connectivity index (χ0) is 37.5. The maximum absolute atomic E-state index is 2.50. The topological polar surface area (TPSA) is 3.24 Å². The molecule has 0 amide bonds. The molecule has 266 valence electrons. The van der Waals surface area contributed by atoms with Gasteiger partial charge in [-0.1, -0.05) is 170 Å². The van der Waals surface area contributed by atoms with Crippen LogP contribution < -0.4 is 4.90 Å². The van der Waals surface area contributed by atoms with Crippen molar-refractivity contribution in [1.82, 2.24) is 0 Å². The Morgan fingerprint density at radius 2 is 0.842 bits per heavy atom. The molecular weight excluding hydrogens is 707 g/mol. The van der Waals surface area contributed by atoms with Gasteiger partial charge in [0.15, 0.2) is 0 Å². The van der Waals surface area contributed by atoms with Crippen molar-refractivity contribution in [3.8, 4) is 44.5 Å². The standard InChI is InChI=1S/C55H35NS/c1-2-15-36(16-3-1)37-29-31-38(32-30-37)56(51-26-12-7-20-44(51)45-22-14-28-53-54(45)46-21-8-13-27-52(46)57-53)39-33-34-43-42-19-6-11-25-49(42)55(50(43)35-39)47-23-9-4-17-40(47)41-18-5-10-24-48(41)55/h1-35H. The molecule has 0 saturated heterocycles. The van der Waals surface area contributed by atoms with Crippen LogP contribution in [0.25, 0.3) is 64.7 Å². The van der Waals surface area contributed by atoms with E-state index in [4.69, 9.17) is 0 Å². The van der Waals surface area contributed by atoms with E-state index in [9.17, 15) is 0 Å². The number of anilines is 3. The Balaban J connectivity index is 1.13. The first-order valence-corrected chi connectivity index (χ1v) is 20.5. The highest BCUT2D eigenvalue weighted by Crippen LogP contribution is 2.63. The Bertz CT molecular complexity index is 3130. The van der Waals surface area contributed by atoms with Gasteiger partial charge in [0.05, 0.1) is 11.1 Å². The molecule has 0 fully saturated rings. The Hall–Kier alpha value is -7.00. The lowest BCUT2D eigenvalue weighted by Crippen LogP contribution is -2.26. The van der Waals surface area contributed by atoms with E-state index >= 15 is 0 Å². The van der Waals surface area contributed by atoms with E-state index in [2.05, 4.69) is 217 Å². The summed E-state index contributed by atoms with van der Waals surface area (Å²) in [6.07, 6.45) is 0. The summed E-state index contributed by atoms with van der Waals surface area (Å²) in [6.45, 7) is 0. The summed E-state index contributed by atoms with van der Waals surface area (Å²) in [5, 5.41) is 2.62. The lowest BCUT2D eigenvalue weighted by Gasteiger charge is -2.32. The van der Waals surface area contributed by atoms with Crippen molar-refractivity contribution in [2.24, 2.45) is 0 Å². The van der Waals surface area contributed by atoms with E-state index in [1.54, 1.807) is 0 Å². The number of para-hydroxylation sites is 1. The summed E-state index contributed by atoms with van der Waals surface area (Å²) < 4.78 is 2.62. The fraction of sp³-hybridized carbons (Fsp3) is 0.0182. The van der Waals surface area contributed by atoms with Gasteiger partial charge in [-0.3, -0.25) is 0 Å². The number of rotatable bonds is 5.